The van der Waals surface area contributed by atoms with Crippen LogP contribution < -0.4 is 0 Å². The van der Waals surface area contributed by atoms with Crippen LogP contribution in [0.3, 0.4) is 0 Å². The first-order valence-corrected chi connectivity index (χ1v) is 8.33. The van der Waals surface area contributed by atoms with Crippen molar-refractivity contribution in [1.29, 1.82) is 0 Å². The van der Waals surface area contributed by atoms with Gasteiger partial charge in [-0.15, -0.1) is 0 Å². The van der Waals surface area contributed by atoms with E-state index >= 15 is 0 Å². The summed E-state index contributed by atoms with van der Waals surface area (Å²) in [5.74, 6) is 1.01. The Morgan fingerprint density at radius 1 is 1.43 bits per heavy atom. The fraction of sp³-hybridized carbons (Fsp3) is 0.765. The van der Waals surface area contributed by atoms with Crippen molar-refractivity contribution in [3.05, 3.63) is 18.2 Å². The second-order valence-electron chi connectivity index (χ2n) is 7.24. The Labute approximate surface area is 138 Å². The third-order valence-electron chi connectivity index (χ3n) is 4.27. The summed E-state index contributed by atoms with van der Waals surface area (Å²) >= 11 is 0. The minimum absolute atomic E-state index is 0.250. The van der Waals surface area contributed by atoms with E-state index in [2.05, 4.69) is 11.9 Å². The van der Waals surface area contributed by atoms with Crippen molar-refractivity contribution >= 4 is 6.09 Å². The van der Waals surface area contributed by atoms with Gasteiger partial charge in [0.15, 0.2) is 0 Å². The zero-order valence-electron chi connectivity index (χ0n) is 15.0. The van der Waals surface area contributed by atoms with Gasteiger partial charge in [0, 0.05) is 32.4 Å². The van der Waals surface area contributed by atoms with E-state index in [4.69, 9.17) is 9.47 Å². The van der Waals surface area contributed by atoms with E-state index in [1.165, 1.54) is 0 Å². The molecular weight excluding hydrogens is 294 g/mol. The number of likely N-dealkylation sites (tertiary alicyclic amines) is 1. The Kier molecular flexibility index (Phi) is 5.34. The van der Waals surface area contributed by atoms with Gasteiger partial charge >= 0.3 is 6.09 Å². The quantitative estimate of drug-likeness (QED) is 0.836. The number of amides is 1. The van der Waals surface area contributed by atoms with E-state index in [0.29, 0.717) is 19.7 Å². The molecule has 0 aromatic carbocycles. The van der Waals surface area contributed by atoms with Gasteiger partial charge in [-0.1, -0.05) is 6.92 Å². The number of imidazole rings is 1. The molecule has 6 heteroatoms. The second kappa shape index (κ2) is 6.91. The lowest BCUT2D eigenvalue weighted by atomic mass is 10.00. The summed E-state index contributed by atoms with van der Waals surface area (Å²) in [7, 11) is 1.98. The maximum Gasteiger partial charge on any atom is 0.410 e. The van der Waals surface area contributed by atoms with Gasteiger partial charge in [0.05, 0.1) is 18.8 Å². The van der Waals surface area contributed by atoms with Gasteiger partial charge in [-0.3, -0.25) is 0 Å². The Morgan fingerprint density at radius 3 is 2.74 bits per heavy atom. The van der Waals surface area contributed by atoms with Crippen LogP contribution in [0.4, 0.5) is 4.79 Å². The third-order valence-corrected chi connectivity index (χ3v) is 4.27. The molecule has 0 aliphatic carbocycles. The smallest absolute Gasteiger partial charge is 0.410 e. The zero-order valence-corrected chi connectivity index (χ0v) is 15.0. The van der Waals surface area contributed by atoms with Crippen LogP contribution in [0.2, 0.25) is 0 Å². The van der Waals surface area contributed by atoms with E-state index in [9.17, 15) is 4.79 Å². The molecule has 1 saturated heterocycles. The molecule has 0 spiro atoms. The van der Waals surface area contributed by atoms with Crippen LogP contribution in [0.25, 0.3) is 0 Å². The monoisotopic (exact) mass is 323 g/mol. The minimum Gasteiger partial charge on any atom is -0.444 e. The topological polar surface area (TPSA) is 56.6 Å². The van der Waals surface area contributed by atoms with E-state index in [-0.39, 0.29) is 11.7 Å². The van der Waals surface area contributed by atoms with Gasteiger partial charge < -0.3 is 18.9 Å². The molecule has 1 aliphatic heterocycles. The highest BCUT2D eigenvalue weighted by atomic mass is 16.6. The molecule has 130 valence electrons. The van der Waals surface area contributed by atoms with E-state index in [1.54, 1.807) is 11.1 Å². The summed E-state index contributed by atoms with van der Waals surface area (Å²) in [5, 5.41) is 0. The van der Waals surface area contributed by atoms with Crippen molar-refractivity contribution in [2.75, 3.05) is 19.7 Å². The highest BCUT2D eigenvalue weighted by Crippen LogP contribution is 2.30. The average Bonchev–Trinajstić information content (AvgIpc) is 3.05. The van der Waals surface area contributed by atoms with Gasteiger partial charge in [0.1, 0.15) is 11.4 Å². The largest absolute Gasteiger partial charge is 0.444 e. The predicted octanol–water partition coefficient (Wildman–Crippen LogP) is 2.77. The molecule has 1 aromatic rings. The SMILES string of the molecule is CCC1(OCCc2nccn2C)CCN(C(=O)OC(C)(C)C)C1. The predicted molar refractivity (Wildman–Crippen MR) is 88.3 cm³/mol. The van der Waals surface area contributed by atoms with Crippen molar-refractivity contribution < 1.29 is 14.3 Å². The Bertz CT molecular complexity index is 535. The molecule has 1 amide bonds. The van der Waals surface area contributed by atoms with Crippen LogP contribution in [0.1, 0.15) is 46.4 Å². The Hall–Kier alpha value is -1.56. The molecule has 1 unspecified atom stereocenters. The van der Waals surface area contributed by atoms with Crippen molar-refractivity contribution in [3.63, 3.8) is 0 Å². The summed E-state index contributed by atoms with van der Waals surface area (Å²) in [6.07, 6.45) is 5.99. The number of rotatable bonds is 5. The molecule has 2 heterocycles. The van der Waals surface area contributed by atoms with Crippen molar-refractivity contribution in [2.45, 2.75) is 58.2 Å². The van der Waals surface area contributed by atoms with E-state index in [0.717, 1.165) is 25.1 Å². The molecule has 1 aromatic heterocycles. The summed E-state index contributed by atoms with van der Waals surface area (Å²) < 4.78 is 13.6. The third kappa shape index (κ3) is 4.70. The molecule has 23 heavy (non-hydrogen) atoms. The van der Waals surface area contributed by atoms with E-state index in [1.807, 2.05) is 38.6 Å². The number of carbonyl (C=O) groups is 1. The minimum atomic E-state index is -0.465. The first-order valence-electron chi connectivity index (χ1n) is 8.33. The fourth-order valence-corrected chi connectivity index (χ4v) is 2.83. The molecule has 0 bridgehead atoms. The first-order chi connectivity index (χ1) is 10.7. The molecule has 2 rings (SSSR count). The number of carbonyl (C=O) groups excluding carboxylic acids is 1. The molecule has 6 nitrogen and oxygen atoms in total. The summed E-state index contributed by atoms with van der Waals surface area (Å²) in [5.41, 5.74) is -0.727. The number of aryl methyl sites for hydroxylation is 1. The lowest BCUT2D eigenvalue weighted by Crippen LogP contribution is -2.40. The molecule has 0 N–H and O–H groups in total. The van der Waals surface area contributed by atoms with Gasteiger partial charge in [-0.25, -0.2) is 9.78 Å². The van der Waals surface area contributed by atoms with Crippen molar-refractivity contribution in [2.24, 2.45) is 7.05 Å². The summed E-state index contributed by atoms with van der Waals surface area (Å²) in [6, 6.07) is 0. The Balaban J connectivity index is 1.87. The number of ether oxygens (including phenoxy) is 2. The number of aromatic nitrogens is 2. The van der Waals surface area contributed by atoms with Gasteiger partial charge in [-0.2, -0.15) is 0 Å². The molecule has 1 atom stereocenters. The van der Waals surface area contributed by atoms with Crippen LogP contribution in [0.15, 0.2) is 12.4 Å². The molecule has 0 radical (unpaired) electrons. The van der Waals surface area contributed by atoms with Gasteiger partial charge in [0.25, 0.3) is 0 Å². The maximum absolute atomic E-state index is 12.2. The Morgan fingerprint density at radius 2 is 2.17 bits per heavy atom. The molecule has 1 fully saturated rings. The summed E-state index contributed by atoms with van der Waals surface area (Å²) in [6.45, 7) is 9.66. The normalized spacial score (nSPS) is 21.7. The van der Waals surface area contributed by atoms with Crippen LogP contribution in [0, 0.1) is 0 Å². The highest BCUT2D eigenvalue weighted by Gasteiger charge is 2.40. The number of nitrogens with zero attached hydrogens (tertiary/aromatic N) is 3. The average molecular weight is 323 g/mol. The second-order valence-corrected chi connectivity index (χ2v) is 7.24. The van der Waals surface area contributed by atoms with Crippen LogP contribution in [-0.2, 0) is 22.9 Å². The number of hydrogen-bond acceptors (Lipinski definition) is 4. The number of hydrogen-bond donors (Lipinski definition) is 0. The van der Waals surface area contributed by atoms with Crippen LogP contribution in [-0.4, -0.2) is 51.4 Å². The van der Waals surface area contributed by atoms with Gasteiger partial charge in [0.2, 0.25) is 0 Å². The molecule has 1 aliphatic rings. The lowest BCUT2D eigenvalue weighted by Gasteiger charge is -2.29. The van der Waals surface area contributed by atoms with Crippen molar-refractivity contribution in [3.8, 4) is 0 Å². The molecular formula is C17H29N3O3. The van der Waals surface area contributed by atoms with E-state index < -0.39 is 5.60 Å². The standard InChI is InChI=1S/C17H29N3O3/c1-6-17(22-12-7-14-18-9-11-19(14)5)8-10-20(13-17)15(21)23-16(2,3)4/h9,11H,6-8,10,12-13H2,1-5H3. The fourth-order valence-electron chi connectivity index (χ4n) is 2.83. The van der Waals surface area contributed by atoms with Gasteiger partial charge in [-0.05, 0) is 33.6 Å². The lowest BCUT2D eigenvalue weighted by molar-refractivity contribution is -0.0417. The molecule has 0 saturated carbocycles. The zero-order chi connectivity index (χ0) is 17.1. The first kappa shape index (κ1) is 17.8. The summed E-state index contributed by atoms with van der Waals surface area (Å²) in [4.78, 5) is 18.3. The maximum atomic E-state index is 12.2. The van der Waals surface area contributed by atoms with Crippen molar-refractivity contribution in [1.82, 2.24) is 14.5 Å². The van der Waals surface area contributed by atoms with Crippen LogP contribution >= 0.6 is 0 Å². The van der Waals surface area contributed by atoms with Crippen LogP contribution in [0.5, 0.6) is 0 Å². The highest BCUT2D eigenvalue weighted by molar-refractivity contribution is 5.68.